The molecule has 0 rings (SSSR count). The van der Waals surface area contributed by atoms with Crippen LogP contribution in [-0.4, -0.2) is 32.9 Å². The van der Waals surface area contributed by atoms with Crippen LogP contribution in [0, 0.1) is 0 Å². The summed E-state index contributed by atoms with van der Waals surface area (Å²) in [6.07, 6.45) is 0. The minimum atomic E-state index is 0. The van der Waals surface area contributed by atoms with Crippen LogP contribution in [0.15, 0.2) is 0 Å². The number of hydrogen-bond donors (Lipinski definition) is 0. The molecule has 0 bridgehead atoms. The Balaban J connectivity index is -0.000000000179. The molecule has 7 nitrogen and oxygen atoms in total. The maximum absolute atomic E-state index is 8.12. The molecule has 0 atom stereocenters. The molecule has 0 aliphatic heterocycles. The van der Waals surface area contributed by atoms with Crippen LogP contribution in [0.4, 0.5) is 0 Å². The van der Waals surface area contributed by atoms with Crippen molar-refractivity contribution in [2.24, 2.45) is 0 Å². The standard InChI is InChI=1S/2ClH.Cr.6H2O.O/h2*1H;;6*1H2;. The number of rotatable bonds is 0. The van der Waals surface area contributed by atoms with Crippen LogP contribution in [0.3, 0.4) is 0 Å². The van der Waals surface area contributed by atoms with Gasteiger partial charge in [-0.15, -0.1) is 24.8 Å². The van der Waals surface area contributed by atoms with Gasteiger partial charge in [-0.3, -0.25) is 0 Å². The number of halogens is 2. The van der Waals surface area contributed by atoms with Crippen molar-refractivity contribution >= 4 is 24.8 Å². The van der Waals surface area contributed by atoms with Gasteiger partial charge in [-0.05, 0) is 0 Å². The van der Waals surface area contributed by atoms with Crippen molar-refractivity contribution in [1.29, 1.82) is 0 Å². The predicted molar refractivity (Wildman–Crippen MR) is 36.9 cm³/mol. The summed E-state index contributed by atoms with van der Waals surface area (Å²) in [6.45, 7) is 0. The van der Waals surface area contributed by atoms with Crippen LogP contribution in [-0.2, 0) is 20.0 Å². The van der Waals surface area contributed by atoms with Crippen molar-refractivity contribution in [3.05, 3.63) is 0 Å². The van der Waals surface area contributed by atoms with Gasteiger partial charge in [-0.25, -0.2) is 0 Å². The van der Waals surface area contributed by atoms with Gasteiger partial charge >= 0.3 is 20.0 Å². The molecule has 0 spiro atoms. The predicted octanol–water partition coefficient (Wildman–Crippen LogP) is -4.23. The van der Waals surface area contributed by atoms with Gasteiger partial charge in [0.2, 0.25) is 0 Å². The summed E-state index contributed by atoms with van der Waals surface area (Å²) in [6, 6.07) is 0. The van der Waals surface area contributed by atoms with Gasteiger partial charge in [0.25, 0.3) is 0 Å². The summed E-state index contributed by atoms with van der Waals surface area (Å²) >= 11 is 1.38. The number of hydrogen-bond acceptors (Lipinski definition) is 1. The SMILES string of the molecule is Cl.Cl.O.O.O.O.O.O.[O]=[Cr]. The average Bonchev–Trinajstić information content (AvgIpc) is 1.00. The molecule has 76 valence electrons. The third-order valence-electron chi connectivity index (χ3n) is 0. The molecule has 0 radical (unpaired) electrons. The van der Waals surface area contributed by atoms with Crippen LogP contribution in [0.5, 0.6) is 0 Å². The topological polar surface area (TPSA) is 206 Å². The second-order valence-corrected chi connectivity index (χ2v) is 0. The summed E-state index contributed by atoms with van der Waals surface area (Å²) in [5.74, 6) is 0. The Morgan fingerprint density at radius 1 is 0.500 bits per heavy atom. The monoisotopic (exact) mass is 248 g/mol. The Kier molecular flexibility index (Phi) is 57400. The summed E-state index contributed by atoms with van der Waals surface area (Å²) in [5, 5.41) is 0. The molecule has 0 saturated heterocycles. The van der Waals surface area contributed by atoms with Crippen molar-refractivity contribution in [2.45, 2.75) is 0 Å². The molecule has 0 saturated carbocycles. The molecule has 10 heavy (non-hydrogen) atoms. The molecular weight excluding hydrogens is 235 g/mol. The van der Waals surface area contributed by atoms with Crippen LogP contribution < -0.4 is 0 Å². The van der Waals surface area contributed by atoms with Crippen molar-refractivity contribution in [2.75, 3.05) is 0 Å². The van der Waals surface area contributed by atoms with E-state index in [9.17, 15) is 0 Å². The van der Waals surface area contributed by atoms with E-state index in [0.717, 1.165) is 0 Å². The van der Waals surface area contributed by atoms with Gasteiger partial charge in [0.1, 0.15) is 0 Å². The van der Waals surface area contributed by atoms with E-state index >= 15 is 0 Å². The zero-order valence-corrected chi connectivity index (χ0v) is 7.54. The van der Waals surface area contributed by atoms with Gasteiger partial charge in [0.05, 0.1) is 0 Å². The van der Waals surface area contributed by atoms with Gasteiger partial charge < -0.3 is 32.9 Å². The molecule has 0 amide bonds. The minimum absolute atomic E-state index is 0. The van der Waals surface area contributed by atoms with Crippen LogP contribution in [0.2, 0.25) is 0 Å². The summed E-state index contributed by atoms with van der Waals surface area (Å²) in [4.78, 5) is 0. The first-order valence-corrected chi connectivity index (χ1v) is 0.687. The average molecular weight is 249 g/mol. The first kappa shape index (κ1) is 357. The molecule has 0 aromatic rings. The molecule has 0 fully saturated rings. The van der Waals surface area contributed by atoms with Gasteiger partial charge in [0, 0.05) is 0 Å². The summed E-state index contributed by atoms with van der Waals surface area (Å²) in [7, 11) is 0. The zero-order valence-electron chi connectivity index (χ0n) is 4.63. The van der Waals surface area contributed by atoms with Crippen molar-refractivity contribution in [3.63, 3.8) is 0 Å². The Bertz CT molecular complexity index is 11.6. The Morgan fingerprint density at radius 2 is 0.500 bits per heavy atom. The van der Waals surface area contributed by atoms with Crippen LogP contribution >= 0.6 is 24.8 Å². The Morgan fingerprint density at radius 3 is 0.500 bits per heavy atom. The van der Waals surface area contributed by atoms with E-state index in [2.05, 4.69) is 0 Å². The van der Waals surface area contributed by atoms with E-state index in [0.29, 0.717) is 0 Å². The molecule has 0 unspecified atom stereocenters. The molecule has 0 aliphatic rings. The molecule has 10 heteroatoms. The van der Waals surface area contributed by atoms with E-state index in [1.165, 1.54) is 16.2 Å². The van der Waals surface area contributed by atoms with Crippen molar-refractivity contribution in [1.82, 2.24) is 0 Å². The second-order valence-electron chi connectivity index (χ2n) is 0. The first-order chi connectivity index (χ1) is 1.00. The fourth-order valence-electron chi connectivity index (χ4n) is 0. The fourth-order valence-corrected chi connectivity index (χ4v) is 0. The van der Waals surface area contributed by atoms with Crippen LogP contribution in [0.25, 0.3) is 0 Å². The van der Waals surface area contributed by atoms with E-state index in [-0.39, 0.29) is 57.7 Å². The fraction of sp³-hybridized carbons (Fsp3) is 0. The van der Waals surface area contributed by atoms with E-state index in [1.54, 1.807) is 0 Å². The molecule has 0 aromatic carbocycles. The Labute approximate surface area is 78.1 Å². The van der Waals surface area contributed by atoms with Gasteiger partial charge in [-0.2, -0.15) is 0 Å². The summed E-state index contributed by atoms with van der Waals surface area (Å²) < 4.78 is 8.12. The third kappa shape index (κ3) is 1130. The Hall–Kier alpha value is 0.672. The van der Waals surface area contributed by atoms with E-state index < -0.39 is 0 Å². The molecule has 0 aromatic heterocycles. The molecule has 12 N–H and O–H groups in total. The maximum atomic E-state index is 8.12. The van der Waals surface area contributed by atoms with Gasteiger partial charge in [-0.1, -0.05) is 0 Å². The first-order valence-electron chi connectivity index (χ1n) is 0.167. The normalized spacial score (nSPS) is 0.400. The molecule has 0 aliphatic carbocycles. The van der Waals surface area contributed by atoms with E-state index in [4.69, 9.17) is 3.80 Å². The molecule has 0 heterocycles. The van der Waals surface area contributed by atoms with Gasteiger partial charge in [0.15, 0.2) is 0 Å². The summed E-state index contributed by atoms with van der Waals surface area (Å²) in [5.41, 5.74) is 0. The quantitative estimate of drug-likeness (QED) is 0.410. The van der Waals surface area contributed by atoms with Crippen molar-refractivity contribution in [3.8, 4) is 0 Å². The van der Waals surface area contributed by atoms with Crippen molar-refractivity contribution < 1.29 is 52.9 Å². The van der Waals surface area contributed by atoms with E-state index in [1.807, 2.05) is 0 Å². The van der Waals surface area contributed by atoms with Crippen LogP contribution in [0.1, 0.15) is 0 Å². The second kappa shape index (κ2) is 1610. The molecular formula is H14Cl2CrO7. The third-order valence-corrected chi connectivity index (χ3v) is 0. The zero-order chi connectivity index (χ0) is 2.00.